The number of hydrogen-bond acceptors (Lipinski definition) is 1. The summed E-state index contributed by atoms with van der Waals surface area (Å²) in [5.41, 5.74) is 2.79. The van der Waals surface area contributed by atoms with Crippen molar-refractivity contribution in [3.8, 4) is 0 Å². The van der Waals surface area contributed by atoms with Gasteiger partial charge in [-0.1, -0.05) is 59.3 Å². The van der Waals surface area contributed by atoms with Gasteiger partial charge >= 0.3 is 0 Å². The van der Waals surface area contributed by atoms with Gasteiger partial charge in [-0.05, 0) is 116 Å². The van der Waals surface area contributed by atoms with Crippen LogP contribution in [0, 0.1) is 51.8 Å². The molecular formula is C30H50O. The highest BCUT2D eigenvalue weighted by Gasteiger charge is 2.59. The highest BCUT2D eigenvalue weighted by atomic mass is 16.3. The third kappa shape index (κ3) is 3.79. The second kappa shape index (κ2) is 8.34. The lowest BCUT2D eigenvalue weighted by molar-refractivity contribution is -0.0577. The molecule has 9 atom stereocenters. The van der Waals surface area contributed by atoms with E-state index in [1.165, 1.54) is 51.4 Å². The smallest absolute Gasteiger partial charge is 0.0577 e. The van der Waals surface area contributed by atoms with Crippen molar-refractivity contribution >= 4 is 0 Å². The van der Waals surface area contributed by atoms with Gasteiger partial charge in [0, 0.05) is 0 Å². The lowest BCUT2D eigenvalue weighted by atomic mass is 9.47. The molecule has 0 aliphatic heterocycles. The molecule has 0 bridgehead atoms. The Kier molecular flexibility index (Phi) is 6.35. The zero-order chi connectivity index (χ0) is 22.6. The van der Waals surface area contributed by atoms with Crippen molar-refractivity contribution in [2.75, 3.05) is 0 Å². The molecule has 31 heavy (non-hydrogen) atoms. The Morgan fingerprint density at radius 3 is 2.55 bits per heavy atom. The van der Waals surface area contributed by atoms with Gasteiger partial charge in [0.1, 0.15) is 0 Å². The monoisotopic (exact) mass is 426 g/mol. The number of allylic oxidation sites excluding steroid dienone is 2. The maximum atomic E-state index is 10.3. The Labute approximate surface area is 193 Å². The maximum Gasteiger partial charge on any atom is 0.0577 e. The molecule has 4 aliphatic carbocycles. The third-order valence-corrected chi connectivity index (χ3v) is 11.8. The second-order valence-electron chi connectivity index (χ2n) is 13.3. The minimum Gasteiger partial charge on any atom is -0.393 e. The van der Waals surface area contributed by atoms with Gasteiger partial charge in [0.25, 0.3) is 0 Å². The lowest BCUT2D eigenvalue weighted by Gasteiger charge is -2.58. The van der Waals surface area contributed by atoms with E-state index in [0.29, 0.717) is 16.7 Å². The van der Waals surface area contributed by atoms with Crippen LogP contribution < -0.4 is 0 Å². The largest absolute Gasteiger partial charge is 0.393 e. The molecule has 1 heteroatoms. The van der Waals surface area contributed by atoms with E-state index in [9.17, 15) is 5.11 Å². The van der Waals surface area contributed by atoms with Gasteiger partial charge in [-0.15, -0.1) is 6.58 Å². The maximum absolute atomic E-state index is 10.3. The van der Waals surface area contributed by atoms with Crippen molar-refractivity contribution in [2.24, 2.45) is 51.8 Å². The fourth-order valence-electron chi connectivity index (χ4n) is 8.98. The number of aliphatic hydroxyl groups excluding tert-OH is 1. The van der Waals surface area contributed by atoms with E-state index in [1.807, 2.05) is 0 Å². The Balaban J connectivity index is 1.49. The van der Waals surface area contributed by atoms with Crippen molar-refractivity contribution in [3.05, 3.63) is 24.3 Å². The van der Waals surface area contributed by atoms with Crippen LogP contribution in [0.2, 0.25) is 0 Å². The highest BCUT2D eigenvalue weighted by Crippen LogP contribution is 2.67. The zero-order valence-electron chi connectivity index (χ0n) is 21.4. The number of fused-ring (bicyclic) bond motifs is 5. The van der Waals surface area contributed by atoms with Crippen LogP contribution in [0.1, 0.15) is 106 Å². The number of aliphatic hydroxyl groups is 1. The van der Waals surface area contributed by atoms with E-state index in [-0.39, 0.29) is 11.5 Å². The highest BCUT2D eigenvalue weighted by molar-refractivity contribution is 5.25. The summed E-state index contributed by atoms with van der Waals surface area (Å²) in [7, 11) is 0. The van der Waals surface area contributed by atoms with E-state index in [2.05, 4.69) is 60.3 Å². The van der Waals surface area contributed by atoms with Crippen LogP contribution in [0.3, 0.4) is 0 Å². The first-order valence-corrected chi connectivity index (χ1v) is 13.6. The molecule has 3 unspecified atom stereocenters. The van der Waals surface area contributed by atoms with Crippen LogP contribution in [0.25, 0.3) is 0 Å². The van der Waals surface area contributed by atoms with Gasteiger partial charge in [-0.25, -0.2) is 0 Å². The van der Waals surface area contributed by atoms with Crippen LogP contribution in [0.4, 0.5) is 0 Å². The van der Waals surface area contributed by atoms with Crippen LogP contribution in [-0.2, 0) is 0 Å². The minimum absolute atomic E-state index is 0.0893. The minimum atomic E-state index is -0.0893. The fraction of sp³-hybridized carbons (Fsp3) is 0.867. The van der Waals surface area contributed by atoms with Crippen molar-refractivity contribution < 1.29 is 5.11 Å². The SMILES string of the molecule is C=CC(C)(CC[C@@H](C)[C@H]1CC[C@H]2C3CC=C4C[C@@H](O)CC[C@]4(C)C3CC[C@]12C)C(C)C. The van der Waals surface area contributed by atoms with Crippen LogP contribution in [0.15, 0.2) is 24.3 Å². The van der Waals surface area contributed by atoms with Gasteiger partial charge in [0.2, 0.25) is 0 Å². The van der Waals surface area contributed by atoms with E-state index >= 15 is 0 Å². The zero-order valence-corrected chi connectivity index (χ0v) is 21.4. The Morgan fingerprint density at radius 2 is 1.87 bits per heavy atom. The van der Waals surface area contributed by atoms with E-state index in [0.717, 1.165) is 42.4 Å². The molecule has 0 heterocycles. The fourth-order valence-corrected chi connectivity index (χ4v) is 8.98. The summed E-state index contributed by atoms with van der Waals surface area (Å²) in [6.45, 7) is 19.1. The normalized spacial score (nSPS) is 45.2. The van der Waals surface area contributed by atoms with Crippen LogP contribution in [-0.4, -0.2) is 11.2 Å². The molecule has 3 fully saturated rings. The van der Waals surface area contributed by atoms with Gasteiger partial charge in [-0.3, -0.25) is 0 Å². The van der Waals surface area contributed by atoms with Crippen LogP contribution in [0.5, 0.6) is 0 Å². The predicted octanol–water partition coefficient (Wildman–Crippen LogP) is 8.19. The van der Waals surface area contributed by atoms with Crippen molar-refractivity contribution in [1.82, 2.24) is 0 Å². The average Bonchev–Trinajstić information content (AvgIpc) is 3.09. The second-order valence-corrected chi connectivity index (χ2v) is 13.3. The lowest BCUT2D eigenvalue weighted by Crippen LogP contribution is -2.50. The Bertz CT molecular complexity index is 705. The molecule has 0 spiro atoms. The van der Waals surface area contributed by atoms with Crippen molar-refractivity contribution in [1.29, 1.82) is 0 Å². The summed E-state index contributed by atoms with van der Waals surface area (Å²) in [4.78, 5) is 0. The standard InChI is InChI=1S/C30H50O/c1-8-28(5,20(2)3)16-13-21(4)25-11-12-26-24-10-9-22-19-23(31)14-17-29(22,6)27(24)15-18-30(25,26)7/h8-9,20-21,23-27,31H,1,10-19H2,2-7H3/t21-,23+,24?,25-,26+,27?,28?,29+,30-/m1/s1. The number of hydrogen-bond donors (Lipinski definition) is 1. The molecular weight excluding hydrogens is 376 g/mol. The first-order valence-electron chi connectivity index (χ1n) is 13.6. The molecule has 0 aromatic heterocycles. The molecule has 176 valence electrons. The summed E-state index contributed by atoms with van der Waals surface area (Å²) in [6.07, 6.45) is 17.6. The topological polar surface area (TPSA) is 20.2 Å². The molecule has 0 aromatic rings. The molecule has 0 saturated heterocycles. The molecule has 0 amide bonds. The average molecular weight is 427 g/mol. The summed E-state index contributed by atoms with van der Waals surface area (Å²) in [5.74, 6) is 5.03. The van der Waals surface area contributed by atoms with Crippen molar-refractivity contribution in [3.63, 3.8) is 0 Å². The van der Waals surface area contributed by atoms with Crippen molar-refractivity contribution in [2.45, 2.75) is 112 Å². The summed E-state index contributed by atoms with van der Waals surface area (Å²) >= 11 is 0. The first kappa shape index (κ1) is 23.6. The van der Waals surface area contributed by atoms with E-state index in [1.54, 1.807) is 5.57 Å². The van der Waals surface area contributed by atoms with E-state index in [4.69, 9.17) is 0 Å². The molecule has 3 saturated carbocycles. The Morgan fingerprint density at radius 1 is 1.13 bits per heavy atom. The molecule has 4 rings (SSSR count). The molecule has 1 N–H and O–H groups in total. The Hall–Kier alpha value is -0.560. The third-order valence-electron chi connectivity index (χ3n) is 11.8. The summed E-state index contributed by atoms with van der Waals surface area (Å²) < 4.78 is 0. The molecule has 0 radical (unpaired) electrons. The predicted molar refractivity (Wildman–Crippen MR) is 133 cm³/mol. The molecule has 0 aromatic carbocycles. The van der Waals surface area contributed by atoms with Gasteiger partial charge < -0.3 is 5.11 Å². The molecule has 4 aliphatic rings. The molecule has 1 nitrogen and oxygen atoms in total. The summed E-state index contributed by atoms with van der Waals surface area (Å²) in [6, 6.07) is 0. The van der Waals surface area contributed by atoms with E-state index < -0.39 is 0 Å². The van der Waals surface area contributed by atoms with Gasteiger partial charge in [0.05, 0.1) is 6.10 Å². The summed E-state index contributed by atoms with van der Waals surface area (Å²) in [5, 5.41) is 10.3. The van der Waals surface area contributed by atoms with Gasteiger partial charge in [0.15, 0.2) is 0 Å². The number of rotatable bonds is 6. The van der Waals surface area contributed by atoms with Crippen LogP contribution >= 0.6 is 0 Å². The first-order chi connectivity index (χ1) is 14.5. The van der Waals surface area contributed by atoms with Gasteiger partial charge in [-0.2, -0.15) is 0 Å². The quantitative estimate of drug-likeness (QED) is 0.424.